The summed E-state index contributed by atoms with van der Waals surface area (Å²) in [5, 5.41) is 15.7. The Hall–Kier alpha value is -2.47. The Morgan fingerprint density at radius 3 is 2.43 bits per heavy atom. The van der Waals surface area contributed by atoms with Gasteiger partial charge in [-0.05, 0) is 49.2 Å². The van der Waals surface area contributed by atoms with Crippen LogP contribution in [0.25, 0.3) is 0 Å². The second kappa shape index (κ2) is 8.72. The number of nitro groups is 1. The van der Waals surface area contributed by atoms with Crippen molar-refractivity contribution in [2.75, 3.05) is 0 Å². The van der Waals surface area contributed by atoms with E-state index in [1.54, 1.807) is 32.5 Å². The number of rotatable bonds is 6. The van der Waals surface area contributed by atoms with Gasteiger partial charge in [-0.15, -0.1) is 0 Å². The van der Waals surface area contributed by atoms with Crippen LogP contribution in [0.2, 0.25) is 0 Å². The quantitative estimate of drug-likeness (QED) is 0.434. The maximum absolute atomic E-state index is 13.3. The molecule has 10 nitrogen and oxygen atoms in total. The predicted octanol–water partition coefficient (Wildman–Crippen LogP) is 3.78. The summed E-state index contributed by atoms with van der Waals surface area (Å²) in [6.45, 7) is 6.21. The third kappa shape index (κ3) is 4.98. The van der Waals surface area contributed by atoms with Gasteiger partial charge in [-0.2, -0.15) is 9.40 Å². The first-order chi connectivity index (χ1) is 13.8. The molecule has 0 fully saturated rings. The van der Waals surface area contributed by atoms with Gasteiger partial charge >= 0.3 is 6.09 Å². The Morgan fingerprint density at radius 2 is 1.93 bits per heavy atom. The van der Waals surface area contributed by atoms with Crippen LogP contribution in [0, 0.1) is 10.1 Å². The van der Waals surface area contributed by atoms with E-state index in [9.17, 15) is 23.3 Å². The minimum absolute atomic E-state index is 0.280. The molecule has 30 heavy (non-hydrogen) atoms. The summed E-state index contributed by atoms with van der Waals surface area (Å²) >= 11 is 3.40. The molecule has 0 N–H and O–H groups in total. The van der Waals surface area contributed by atoms with Gasteiger partial charge in [-0.25, -0.2) is 13.2 Å². The Labute approximate surface area is 183 Å². The van der Waals surface area contributed by atoms with Gasteiger partial charge in [0.2, 0.25) is 0 Å². The van der Waals surface area contributed by atoms with Crippen molar-refractivity contribution in [1.82, 2.24) is 14.1 Å². The summed E-state index contributed by atoms with van der Waals surface area (Å²) in [7, 11) is -2.93. The molecule has 0 saturated heterocycles. The SMILES string of the molecule is CCc1c(Br)c(CN(C(=O)OC(C)(C)C)S(=O)(=O)c2ccccc2[N+](=O)[O-])nn1C. The highest BCUT2D eigenvalue weighted by Gasteiger charge is 2.38. The molecule has 1 amide bonds. The van der Waals surface area contributed by atoms with Crippen molar-refractivity contribution in [3.8, 4) is 0 Å². The number of carbonyl (C=O) groups excluding carboxylic acids is 1. The number of benzene rings is 1. The highest BCUT2D eigenvalue weighted by Crippen LogP contribution is 2.30. The second-order valence-corrected chi connectivity index (χ2v) is 10.0. The molecule has 0 radical (unpaired) electrons. The lowest BCUT2D eigenvalue weighted by Crippen LogP contribution is -2.40. The largest absolute Gasteiger partial charge is 0.443 e. The van der Waals surface area contributed by atoms with Gasteiger partial charge < -0.3 is 4.74 Å². The van der Waals surface area contributed by atoms with E-state index < -0.39 is 43.8 Å². The molecule has 0 atom stereocenters. The van der Waals surface area contributed by atoms with E-state index >= 15 is 0 Å². The molecule has 1 aromatic heterocycles. The van der Waals surface area contributed by atoms with Gasteiger partial charge in [-0.3, -0.25) is 14.8 Å². The lowest BCUT2D eigenvalue weighted by Gasteiger charge is -2.26. The number of ether oxygens (including phenoxy) is 1. The van der Waals surface area contributed by atoms with E-state index in [1.165, 1.54) is 12.1 Å². The summed E-state index contributed by atoms with van der Waals surface area (Å²) in [6.07, 6.45) is -0.538. The first-order valence-corrected chi connectivity index (χ1v) is 11.2. The van der Waals surface area contributed by atoms with Crippen molar-refractivity contribution >= 4 is 37.7 Å². The molecule has 0 aliphatic heterocycles. The molecular formula is C18H23BrN4O6S. The van der Waals surface area contributed by atoms with Crippen LogP contribution in [0.5, 0.6) is 0 Å². The molecule has 0 bridgehead atoms. The molecule has 164 valence electrons. The first kappa shape index (κ1) is 23.8. The van der Waals surface area contributed by atoms with E-state index in [4.69, 9.17) is 4.74 Å². The van der Waals surface area contributed by atoms with Crippen molar-refractivity contribution in [1.29, 1.82) is 0 Å². The number of halogens is 1. The molecule has 12 heteroatoms. The Kier molecular flexibility index (Phi) is 6.92. The molecule has 0 saturated carbocycles. The molecule has 1 aromatic carbocycles. The number of para-hydroxylation sites is 1. The number of hydrogen-bond acceptors (Lipinski definition) is 7. The molecule has 2 rings (SSSR count). The fourth-order valence-corrected chi connectivity index (χ4v) is 4.88. The van der Waals surface area contributed by atoms with Crippen LogP contribution in [-0.4, -0.2) is 39.1 Å². The van der Waals surface area contributed by atoms with Crippen molar-refractivity contribution in [3.05, 3.63) is 50.2 Å². The zero-order chi connectivity index (χ0) is 22.9. The monoisotopic (exact) mass is 502 g/mol. The van der Waals surface area contributed by atoms with E-state index in [1.807, 2.05) is 6.92 Å². The number of carbonyl (C=O) groups is 1. The molecule has 0 spiro atoms. The van der Waals surface area contributed by atoms with E-state index in [2.05, 4.69) is 21.0 Å². The smallest absolute Gasteiger partial charge is 0.424 e. The maximum Gasteiger partial charge on any atom is 0.424 e. The average Bonchev–Trinajstić information content (AvgIpc) is 2.90. The number of nitro benzene ring substituents is 1. The highest BCUT2D eigenvalue weighted by molar-refractivity contribution is 9.10. The zero-order valence-corrected chi connectivity index (χ0v) is 19.7. The minimum atomic E-state index is -4.63. The van der Waals surface area contributed by atoms with Crippen LogP contribution in [-0.2, 0) is 34.8 Å². The third-order valence-corrected chi connectivity index (χ3v) is 6.70. The Balaban J connectivity index is 2.62. The van der Waals surface area contributed by atoms with Crippen molar-refractivity contribution in [2.45, 2.75) is 51.2 Å². The molecule has 0 aliphatic rings. The number of aromatic nitrogens is 2. The molecule has 0 aliphatic carbocycles. The lowest BCUT2D eigenvalue weighted by molar-refractivity contribution is -0.387. The van der Waals surface area contributed by atoms with Crippen LogP contribution in [0.4, 0.5) is 10.5 Å². The number of hydrogen-bond donors (Lipinski definition) is 0. The van der Waals surface area contributed by atoms with Crippen molar-refractivity contribution in [2.24, 2.45) is 7.05 Å². The zero-order valence-electron chi connectivity index (χ0n) is 17.2. The lowest BCUT2D eigenvalue weighted by atomic mass is 10.2. The Morgan fingerprint density at radius 1 is 1.33 bits per heavy atom. The van der Waals surface area contributed by atoms with Gasteiger partial charge in [0.25, 0.3) is 15.7 Å². The summed E-state index contributed by atoms with van der Waals surface area (Å²) in [4.78, 5) is 22.8. The average molecular weight is 503 g/mol. The third-order valence-electron chi connectivity index (χ3n) is 4.02. The van der Waals surface area contributed by atoms with Crippen LogP contribution in [0.1, 0.15) is 39.1 Å². The Bertz CT molecular complexity index is 1070. The summed E-state index contributed by atoms with van der Waals surface area (Å²) in [6, 6.07) is 4.83. The normalized spacial score (nSPS) is 11.9. The number of amides is 1. The standard InChI is InChI=1S/C18H23BrN4O6S/c1-6-13-16(19)12(20-21(13)5)11-22(17(24)29-18(2,3)4)30(27,28)15-10-8-7-9-14(15)23(25)26/h7-10H,6,11H2,1-5H3. The van der Waals surface area contributed by atoms with Crippen molar-refractivity contribution < 1.29 is 22.9 Å². The van der Waals surface area contributed by atoms with Crippen LogP contribution >= 0.6 is 15.9 Å². The minimum Gasteiger partial charge on any atom is -0.443 e. The van der Waals surface area contributed by atoms with Crippen LogP contribution in [0.15, 0.2) is 33.6 Å². The van der Waals surface area contributed by atoms with Crippen molar-refractivity contribution in [3.63, 3.8) is 0 Å². The predicted molar refractivity (Wildman–Crippen MR) is 112 cm³/mol. The topological polar surface area (TPSA) is 125 Å². The molecule has 0 unspecified atom stereocenters. The van der Waals surface area contributed by atoms with Crippen LogP contribution < -0.4 is 0 Å². The summed E-state index contributed by atoms with van der Waals surface area (Å²) < 4.78 is 34.5. The molecular weight excluding hydrogens is 480 g/mol. The van der Waals surface area contributed by atoms with Gasteiger partial charge in [-0.1, -0.05) is 19.1 Å². The van der Waals surface area contributed by atoms with E-state index in [0.717, 1.165) is 17.8 Å². The molecule has 1 heterocycles. The fraction of sp³-hybridized carbons (Fsp3) is 0.444. The van der Waals surface area contributed by atoms with Gasteiger partial charge in [0.05, 0.1) is 27.3 Å². The van der Waals surface area contributed by atoms with E-state index in [0.29, 0.717) is 15.2 Å². The number of aryl methyl sites for hydroxylation is 1. The fourth-order valence-electron chi connectivity index (χ4n) is 2.72. The second-order valence-electron chi connectivity index (χ2n) is 7.40. The maximum atomic E-state index is 13.3. The molecule has 2 aromatic rings. The summed E-state index contributed by atoms with van der Waals surface area (Å²) in [5.74, 6) is 0. The first-order valence-electron chi connectivity index (χ1n) is 8.99. The number of sulfonamides is 1. The van der Waals surface area contributed by atoms with Gasteiger partial charge in [0.1, 0.15) is 5.60 Å². The van der Waals surface area contributed by atoms with Crippen LogP contribution in [0.3, 0.4) is 0 Å². The highest BCUT2D eigenvalue weighted by atomic mass is 79.9. The van der Waals surface area contributed by atoms with Gasteiger partial charge in [0.15, 0.2) is 4.90 Å². The summed E-state index contributed by atoms with van der Waals surface area (Å²) in [5.41, 5.74) is -0.538. The number of nitrogens with zero attached hydrogens (tertiary/aromatic N) is 4. The van der Waals surface area contributed by atoms with E-state index in [-0.39, 0.29) is 5.69 Å². The van der Waals surface area contributed by atoms with Gasteiger partial charge in [0, 0.05) is 13.1 Å².